The molecule has 6 unspecified atom stereocenters. The van der Waals surface area contributed by atoms with Crippen LogP contribution in [0.4, 0.5) is 39.5 Å². The zero-order valence-electron chi connectivity index (χ0n) is 14.4. The van der Waals surface area contributed by atoms with Crippen LogP contribution in [0.15, 0.2) is 0 Å². The van der Waals surface area contributed by atoms with Crippen LogP contribution in [0, 0.1) is 0 Å². The van der Waals surface area contributed by atoms with E-state index >= 15 is 0 Å². The molecule has 0 saturated carbocycles. The molecule has 0 aromatic heterocycles. The summed E-state index contributed by atoms with van der Waals surface area (Å²) in [4.78, 5) is 0. The standard InChI is InChI=1S/3C4H6F3.C3H7O.Sn/c3*1-3(6)4(7)2-5;1-2-3-4;/h3*3-4H,1-2H2;2-3H2,1H3;/q;;;-1;+1. The molecule has 0 bridgehead atoms. The van der Waals surface area contributed by atoms with Crippen molar-refractivity contribution >= 4 is 18.8 Å². The number of hydrogen-bond donors (Lipinski definition) is 0. The molecule has 0 amide bonds. The molecule has 0 aliphatic heterocycles. The molecule has 0 aromatic carbocycles. The van der Waals surface area contributed by atoms with Gasteiger partial charge in [0.25, 0.3) is 0 Å². The van der Waals surface area contributed by atoms with Gasteiger partial charge in [0.2, 0.25) is 0 Å². The predicted molar refractivity (Wildman–Crippen MR) is 83.7 cm³/mol. The van der Waals surface area contributed by atoms with E-state index in [0.717, 1.165) is 0 Å². The summed E-state index contributed by atoms with van der Waals surface area (Å²) in [6, 6.07) is 0. The molecule has 0 saturated heterocycles. The zero-order chi connectivity index (χ0) is 20.3. The van der Waals surface area contributed by atoms with Crippen molar-refractivity contribution in [3.8, 4) is 0 Å². The maximum absolute atomic E-state index is 14.0. The Kier molecular flexibility index (Phi) is 13.4. The van der Waals surface area contributed by atoms with E-state index < -0.39 is 89.2 Å². The summed E-state index contributed by atoms with van der Waals surface area (Å²) in [5, 5.41) is 0. The molecule has 0 aliphatic carbocycles. The third-order valence-electron chi connectivity index (χ3n) is 3.93. The van der Waals surface area contributed by atoms with Gasteiger partial charge in [0.1, 0.15) is 0 Å². The van der Waals surface area contributed by atoms with Crippen LogP contribution in [-0.4, -0.2) is 82.5 Å². The van der Waals surface area contributed by atoms with Crippen molar-refractivity contribution in [2.24, 2.45) is 0 Å². The maximum atomic E-state index is 14.0. The van der Waals surface area contributed by atoms with Crippen LogP contribution in [-0.2, 0) is 3.07 Å². The Labute approximate surface area is 152 Å². The van der Waals surface area contributed by atoms with Crippen molar-refractivity contribution < 1.29 is 42.6 Å². The van der Waals surface area contributed by atoms with Gasteiger partial charge in [-0.05, 0) is 0 Å². The molecule has 0 radical (unpaired) electrons. The third kappa shape index (κ3) is 8.88. The number of hydrogen-bond acceptors (Lipinski definition) is 1. The second-order valence-electron chi connectivity index (χ2n) is 6.20. The van der Waals surface area contributed by atoms with E-state index in [9.17, 15) is 39.5 Å². The molecule has 158 valence electrons. The van der Waals surface area contributed by atoms with Crippen molar-refractivity contribution in [1.82, 2.24) is 0 Å². The molecule has 0 fully saturated rings. The second-order valence-corrected chi connectivity index (χ2v) is 17.3. The Hall–Kier alpha value is 0.129. The molecule has 0 aromatic rings. The van der Waals surface area contributed by atoms with E-state index in [1.54, 1.807) is 6.92 Å². The fourth-order valence-electron chi connectivity index (χ4n) is 2.49. The SMILES string of the molecule is CCC[O][Sn]([CH2]C(F)C(F)CF)([CH2]C(F)C(F)CF)[CH2]C(F)C(F)CF. The molecule has 0 rings (SSSR count). The molecule has 0 N–H and O–H groups in total. The molecule has 26 heavy (non-hydrogen) atoms. The van der Waals surface area contributed by atoms with Gasteiger partial charge in [-0.2, -0.15) is 0 Å². The van der Waals surface area contributed by atoms with Crippen molar-refractivity contribution in [2.75, 3.05) is 26.6 Å². The van der Waals surface area contributed by atoms with Gasteiger partial charge in [0.15, 0.2) is 0 Å². The quantitative estimate of drug-likeness (QED) is 0.215. The minimum atomic E-state index is -5.01. The number of rotatable bonds is 15. The zero-order valence-corrected chi connectivity index (χ0v) is 17.3. The van der Waals surface area contributed by atoms with Gasteiger partial charge in [-0.1, -0.05) is 0 Å². The average Bonchev–Trinajstić information content (AvgIpc) is 2.63. The van der Waals surface area contributed by atoms with Crippen molar-refractivity contribution in [3.63, 3.8) is 0 Å². The summed E-state index contributed by atoms with van der Waals surface area (Å²) in [5.41, 5.74) is 0. The Morgan fingerprint density at radius 2 is 0.923 bits per heavy atom. The van der Waals surface area contributed by atoms with Crippen LogP contribution in [0.2, 0.25) is 13.3 Å². The molecule has 11 heteroatoms. The Morgan fingerprint density at radius 3 is 1.15 bits per heavy atom. The topological polar surface area (TPSA) is 9.23 Å². The van der Waals surface area contributed by atoms with E-state index in [2.05, 4.69) is 0 Å². The Morgan fingerprint density at radius 1 is 0.615 bits per heavy atom. The van der Waals surface area contributed by atoms with Crippen molar-refractivity contribution in [1.29, 1.82) is 0 Å². The minimum absolute atomic E-state index is 0.145. The summed E-state index contributed by atoms with van der Waals surface area (Å²) >= 11 is -5.01. The first-order valence-electron chi connectivity index (χ1n) is 8.32. The Bertz CT molecular complexity index is 320. The van der Waals surface area contributed by atoms with E-state index in [1.807, 2.05) is 0 Å². The van der Waals surface area contributed by atoms with Crippen LogP contribution < -0.4 is 0 Å². The second kappa shape index (κ2) is 13.3. The van der Waals surface area contributed by atoms with E-state index in [-0.39, 0.29) is 6.61 Å². The third-order valence-corrected chi connectivity index (χ3v) is 16.0. The summed E-state index contributed by atoms with van der Waals surface area (Å²) in [5.74, 6) is 0. The average molecular weight is 511 g/mol. The summed E-state index contributed by atoms with van der Waals surface area (Å²) < 4.78 is 121. The first-order chi connectivity index (χ1) is 12.2. The predicted octanol–water partition coefficient (Wildman–Crippen LogP) is 5.30. The molecule has 1 nitrogen and oxygen atoms in total. The van der Waals surface area contributed by atoms with Gasteiger partial charge in [-0.3, -0.25) is 0 Å². The van der Waals surface area contributed by atoms with Crippen LogP contribution in [0.3, 0.4) is 0 Å². The van der Waals surface area contributed by atoms with Crippen LogP contribution in [0.25, 0.3) is 0 Å². The van der Waals surface area contributed by atoms with Gasteiger partial charge in [-0.25, -0.2) is 0 Å². The summed E-state index contributed by atoms with van der Waals surface area (Å²) in [7, 11) is 0. The van der Waals surface area contributed by atoms with E-state index in [4.69, 9.17) is 3.07 Å². The molecule has 0 heterocycles. The van der Waals surface area contributed by atoms with E-state index in [0.29, 0.717) is 6.42 Å². The van der Waals surface area contributed by atoms with Crippen molar-refractivity contribution in [2.45, 2.75) is 63.7 Å². The van der Waals surface area contributed by atoms with Crippen LogP contribution >= 0.6 is 0 Å². The fourth-order valence-corrected chi connectivity index (χ4v) is 15.0. The molecule has 6 atom stereocenters. The molecular formula is C15H25F9OSn. The first kappa shape index (κ1) is 26.1. The van der Waals surface area contributed by atoms with Gasteiger partial charge in [0.05, 0.1) is 0 Å². The van der Waals surface area contributed by atoms with E-state index in [1.165, 1.54) is 0 Å². The van der Waals surface area contributed by atoms with Crippen LogP contribution in [0.5, 0.6) is 0 Å². The summed E-state index contributed by atoms with van der Waals surface area (Å²) in [6.07, 6.45) is -14.9. The first-order valence-corrected chi connectivity index (χ1v) is 15.5. The van der Waals surface area contributed by atoms with Gasteiger partial charge < -0.3 is 0 Å². The monoisotopic (exact) mass is 512 g/mol. The molecule has 0 spiro atoms. The fraction of sp³-hybridized carbons (Fsp3) is 1.00. The molecule has 0 aliphatic rings. The van der Waals surface area contributed by atoms with Crippen LogP contribution in [0.1, 0.15) is 13.3 Å². The van der Waals surface area contributed by atoms with Gasteiger partial charge in [0, 0.05) is 0 Å². The van der Waals surface area contributed by atoms with Gasteiger partial charge in [-0.15, -0.1) is 0 Å². The summed E-state index contributed by atoms with van der Waals surface area (Å²) in [6.45, 7) is -3.62. The van der Waals surface area contributed by atoms with Crippen molar-refractivity contribution in [3.05, 3.63) is 0 Å². The van der Waals surface area contributed by atoms with Gasteiger partial charge >= 0.3 is 152 Å². The number of alkyl halides is 9. The Balaban J connectivity index is 5.59. The normalized spacial score (nSPS) is 21.5. The number of halogens is 9. The molecular weight excluding hydrogens is 486 g/mol.